The van der Waals surface area contributed by atoms with E-state index in [2.05, 4.69) is 43.0 Å². The number of rotatable bonds is 18. The van der Waals surface area contributed by atoms with Crippen molar-refractivity contribution in [1.82, 2.24) is 4.90 Å². The SMILES string of the molecule is C=CCOC12Oc3ccc(Oc4ccc5ccccc5c4)cc3C3C(CCCCO)C(CCCCO)C=C(C(=NOC(C)(C)C)CC1N(Cc1ccc4c(c1)OCO4)C(=O)c1ccc(C#N)cc1)C32. The highest BCUT2D eigenvalue weighted by atomic mass is 16.7. The second-order valence-corrected chi connectivity index (χ2v) is 19.4. The fourth-order valence-electron chi connectivity index (χ4n) is 10.7. The quantitative estimate of drug-likeness (QED) is 0.0493. The Balaban J connectivity index is 1.26. The lowest BCUT2D eigenvalue weighted by molar-refractivity contribution is -0.255. The summed E-state index contributed by atoms with van der Waals surface area (Å²) in [6, 6.07) is 33.9. The summed E-state index contributed by atoms with van der Waals surface area (Å²) in [6.07, 6.45) is 8.72. The Bertz CT molecular complexity index is 2770. The standard InChI is InChI=1S/C57H61N3O9/c1-5-28-66-57-52(60(55(63)40-19-16-37(34-58)17-20-40)35-38-18-24-50-51(29-38)65-36-64-50)33-48(59-69-56(2,3)4)46-31-42(14-8-10-26-61)45(15-9-11-27-62)53(54(46)57)47-32-44(23-25-49(47)68-57)67-43-22-21-39-12-6-7-13-41(39)30-43/h5-7,12-13,16-25,29-32,42,45,52-54,61-62H,1,8-11,14-15,26-28,33,35-36H2,2-4H3. The lowest BCUT2D eigenvalue weighted by Gasteiger charge is -2.60. The number of aliphatic hydroxyl groups excluding tert-OH is 2. The normalized spacial score (nSPS) is 22.7. The molecule has 0 spiro atoms. The van der Waals surface area contributed by atoms with Crippen molar-refractivity contribution < 1.29 is 43.5 Å². The molecule has 5 aromatic carbocycles. The number of nitriles is 1. The fourth-order valence-corrected chi connectivity index (χ4v) is 10.7. The minimum absolute atomic E-state index is 0.00865. The van der Waals surface area contributed by atoms with E-state index in [1.807, 2.05) is 80.3 Å². The lowest BCUT2D eigenvalue weighted by Crippen LogP contribution is -2.70. The second-order valence-electron chi connectivity index (χ2n) is 19.4. The summed E-state index contributed by atoms with van der Waals surface area (Å²) in [5, 5.41) is 37.1. The van der Waals surface area contributed by atoms with E-state index in [-0.39, 0.29) is 63.2 Å². The first kappa shape index (κ1) is 47.4. The Morgan fingerprint density at radius 1 is 0.884 bits per heavy atom. The number of benzene rings is 5. The highest BCUT2D eigenvalue weighted by molar-refractivity contribution is 6.03. The fraction of sp³-hybridized carbons (Fsp3) is 0.386. The molecular formula is C57H61N3O9. The van der Waals surface area contributed by atoms with Gasteiger partial charge in [-0.1, -0.05) is 66.5 Å². The highest BCUT2D eigenvalue weighted by Crippen LogP contribution is 2.62. The molecule has 9 rings (SSSR count). The van der Waals surface area contributed by atoms with E-state index >= 15 is 4.79 Å². The molecule has 4 aliphatic rings. The number of fused-ring (bicyclic) bond motifs is 4. The zero-order chi connectivity index (χ0) is 48.1. The number of ether oxygens (including phenoxy) is 5. The Kier molecular flexibility index (Phi) is 14.1. The molecule has 6 atom stereocenters. The number of amides is 1. The van der Waals surface area contributed by atoms with E-state index in [1.165, 1.54) is 0 Å². The number of oxime groups is 1. The number of carbonyl (C=O) groups is 1. The molecule has 1 fully saturated rings. The van der Waals surface area contributed by atoms with Crippen molar-refractivity contribution in [3.63, 3.8) is 0 Å². The predicted molar refractivity (Wildman–Crippen MR) is 263 cm³/mol. The van der Waals surface area contributed by atoms with Gasteiger partial charge < -0.3 is 43.6 Å². The average Bonchev–Trinajstić information content (AvgIpc) is 3.83. The minimum atomic E-state index is -1.51. The van der Waals surface area contributed by atoms with E-state index in [1.54, 1.807) is 30.3 Å². The molecule has 0 saturated heterocycles. The van der Waals surface area contributed by atoms with Crippen molar-refractivity contribution in [3.8, 4) is 34.8 Å². The summed E-state index contributed by atoms with van der Waals surface area (Å²) in [5.74, 6) is 0.600. The first-order valence-corrected chi connectivity index (χ1v) is 24.2. The van der Waals surface area contributed by atoms with E-state index < -0.39 is 23.3 Å². The third-order valence-corrected chi connectivity index (χ3v) is 13.7. The summed E-state index contributed by atoms with van der Waals surface area (Å²) in [4.78, 5) is 23.7. The van der Waals surface area contributed by atoms with Crippen molar-refractivity contribution >= 4 is 22.4 Å². The van der Waals surface area contributed by atoms with Crippen molar-refractivity contribution in [1.29, 1.82) is 5.26 Å². The molecule has 0 aromatic heterocycles. The molecule has 12 nitrogen and oxygen atoms in total. The highest BCUT2D eigenvalue weighted by Gasteiger charge is 2.65. The molecule has 358 valence electrons. The van der Waals surface area contributed by atoms with Gasteiger partial charge in [-0.15, -0.1) is 6.58 Å². The molecule has 2 N–H and O–H groups in total. The van der Waals surface area contributed by atoms with Crippen LogP contribution in [-0.4, -0.2) is 70.8 Å². The monoisotopic (exact) mass is 931 g/mol. The molecule has 1 amide bonds. The zero-order valence-corrected chi connectivity index (χ0v) is 39.6. The topological polar surface area (TPSA) is 152 Å². The molecule has 6 unspecified atom stereocenters. The molecule has 2 heterocycles. The zero-order valence-electron chi connectivity index (χ0n) is 39.6. The van der Waals surface area contributed by atoms with Crippen LogP contribution in [-0.2, 0) is 16.1 Å². The van der Waals surface area contributed by atoms with Crippen LogP contribution in [0.2, 0.25) is 0 Å². The number of allylic oxidation sites excluding steroid dienone is 1. The van der Waals surface area contributed by atoms with Gasteiger partial charge in [0.2, 0.25) is 12.6 Å². The third kappa shape index (κ3) is 9.95. The van der Waals surface area contributed by atoms with Gasteiger partial charge in [0, 0.05) is 43.2 Å². The predicted octanol–water partition coefficient (Wildman–Crippen LogP) is 11.0. The lowest BCUT2D eigenvalue weighted by atomic mass is 9.55. The van der Waals surface area contributed by atoms with Crippen LogP contribution in [0, 0.1) is 29.1 Å². The largest absolute Gasteiger partial charge is 0.459 e. The first-order valence-electron chi connectivity index (χ1n) is 24.2. The van der Waals surface area contributed by atoms with Gasteiger partial charge in [-0.2, -0.15) is 5.26 Å². The Morgan fingerprint density at radius 2 is 1.61 bits per heavy atom. The van der Waals surface area contributed by atoms with Crippen LogP contribution in [0.25, 0.3) is 10.8 Å². The first-order chi connectivity index (χ1) is 33.5. The van der Waals surface area contributed by atoms with Gasteiger partial charge in [0.1, 0.15) is 28.9 Å². The minimum Gasteiger partial charge on any atom is -0.459 e. The van der Waals surface area contributed by atoms with E-state index in [0.717, 1.165) is 53.2 Å². The number of carbonyl (C=O) groups excluding carboxylic acids is 1. The van der Waals surface area contributed by atoms with Gasteiger partial charge in [-0.05, 0) is 147 Å². The van der Waals surface area contributed by atoms with Gasteiger partial charge in [-0.3, -0.25) is 4.79 Å². The van der Waals surface area contributed by atoms with E-state index in [4.69, 9.17) is 33.7 Å². The molecule has 2 aliphatic heterocycles. The maximum atomic E-state index is 15.5. The van der Waals surface area contributed by atoms with E-state index in [0.29, 0.717) is 58.4 Å². The number of hydrogen-bond acceptors (Lipinski definition) is 11. The summed E-state index contributed by atoms with van der Waals surface area (Å²) in [5.41, 5.74) is 3.52. The van der Waals surface area contributed by atoms with Crippen LogP contribution in [0.3, 0.4) is 0 Å². The molecule has 69 heavy (non-hydrogen) atoms. The van der Waals surface area contributed by atoms with Crippen molar-refractivity contribution in [2.24, 2.45) is 22.9 Å². The van der Waals surface area contributed by atoms with Crippen LogP contribution < -0.4 is 18.9 Å². The second kappa shape index (κ2) is 20.5. The number of nitrogens with zero attached hydrogens (tertiary/aromatic N) is 3. The van der Waals surface area contributed by atoms with Gasteiger partial charge >= 0.3 is 0 Å². The van der Waals surface area contributed by atoms with Crippen LogP contribution in [0.15, 0.2) is 133 Å². The molecule has 12 heteroatoms. The van der Waals surface area contributed by atoms with Crippen molar-refractivity contribution in [2.45, 2.75) is 95.6 Å². The Hall–Kier alpha value is -6.65. The Labute approximate surface area is 404 Å². The van der Waals surface area contributed by atoms with E-state index in [9.17, 15) is 15.5 Å². The Morgan fingerprint density at radius 3 is 2.36 bits per heavy atom. The van der Waals surface area contributed by atoms with Gasteiger partial charge in [0.05, 0.1) is 29.9 Å². The summed E-state index contributed by atoms with van der Waals surface area (Å²) >= 11 is 0. The van der Waals surface area contributed by atoms with Gasteiger partial charge in [0.15, 0.2) is 11.5 Å². The average molecular weight is 932 g/mol. The molecule has 5 aromatic rings. The summed E-state index contributed by atoms with van der Waals surface area (Å²) < 4.78 is 33.0. The van der Waals surface area contributed by atoms with Crippen LogP contribution in [0.5, 0.6) is 28.7 Å². The van der Waals surface area contributed by atoms with Crippen LogP contribution in [0.4, 0.5) is 0 Å². The van der Waals surface area contributed by atoms with Crippen molar-refractivity contribution in [3.05, 3.63) is 150 Å². The maximum Gasteiger partial charge on any atom is 0.254 e. The molecule has 2 aliphatic carbocycles. The van der Waals surface area contributed by atoms with Crippen LogP contribution in [0.1, 0.15) is 98.7 Å². The maximum absolute atomic E-state index is 15.5. The number of aliphatic hydroxyl groups is 2. The van der Waals surface area contributed by atoms with Gasteiger partial charge in [0.25, 0.3) is 5.91 Å². The van der Waals surface area contributed by atoms with Crippen LogP contribution >= 0.6 is 0 Å². The molecule has 1 saturated carbocycles. The summed E-state index contributed by atoms with van der Waals surface area (Å²) in [6.45, 7) is 10.5. The molecule has 0 bridgehead atoms. The smallest absolute Gasteiger partial charge is 0.254 e. The van der Waals surface area contributed by atoms with Gasteiger partial charge in [-0.25, -0.2) is 0 Å². The molecular weight excluding hydrogens is 871 g/mol. The van der Waals surface area contributed by atoms with Crippen molar-refractivity contribution in [2.75, 3.05) is 26.6 Å². The summed E-state index contributed by atoms with van der Waals surface area (Å²) in [7, 11) is 0. The number of unbranched alkanes of at least 4 members (excludes halogenated alkanes) is 2. The molecule has 0 radical (unpaired) electrons. The third-order valence-electron chi connectivity index (χ3n) is 13.7. The number of hydrogen-bond donors (Lipinski definition) is 2.